The highest BCUT2D eigenvalue weighted by Crippen LogP contribution is 2.28. The predicted molar refractivity (Wildman–Crippen MR) is 144 cm³/mol. The van der Waals surface area contributed by atoms with E-state index in [9.17, 15) is 18.0 Å². The van der Waals surface area contributed by atoms with Crippen LogP contribution in [0.5, 0.6) is 0 Å². The molecule has 190 valence electrons. The van der Waals surface area contributed by atoms with Gasteiger partial charge in [-0.25, -0.2) is 8.42 Å². The lowest BCUT2D eigenvalue weighted by atomic mass is 10.0. The zero-order valence-corrected chi connectivity index (χ0v) is 22.2. The fourth-order valence-electron chi connectivity index (χ4n) is 3.75. The molecule has 0 saturated heterocycles. The van der Waals surface area contributed by atoms with Gasteiger partial charge in [0.1, 0.15) is 12.6 Å². The number of sulfonamides is 1. The maximum Gasteiger partial charge on any atom is 0.244 e. The summed E-state index contributed by atoms with van der Waals surface area (Å²) in [5.74, 6) is -0.900. The van der Waals surface area contributed by atoms with Gasteiger partial charge in [-0.05, 0) is 29.3 Å². The fourth-order valence-corrected chi connectivity index (χ4v) is 4.89. The number of carbonyl (C=O) groups excluding carboxylic acids is 2. The SMILES string of the molecule is CNC(=O)C(Cc1ccccc1)N(Cc1ccccc1)C(=O)CN(c1ccc(Cl)c(Cl)c1)S(C)(=O)=O. The second-order valence-electron chi connectivity index (χ2n) is 8.20. The summed E-state index contributed by atoms with van der Waals surface area (Å²) in [4.78, 5) is 28.2. The van der Waals surface area contributed by atoms with Crippen molar-refractivity contribution in [3.8, 4) is 0 Å². The lowest BCUT2D eigenvalue weighted by Crippen LogP contribution is -2.52. The van der Waals surface area contributed by atoms with Crippen molar-refractivity contribution in [2.45, 2.75) is 19.0 Å². The quantitative estimate of drug-likeness (QED) is 0.413. The van der Waals surface area contributed by atoms with Gasteiger partial charge in [0, 0.05) is 20.0 Å². The van der Waals surface area contributed by atoms with Crippen LogP contribution in [0.3, 0.4) is 0 Å². The number of anilines is 1. The summed E-state index contributed by atoms with van der Waals surface area (Å²) in [6, 6.07) is 22.0. The maximum atomic E-state index is 13.8. The first kappa shape index (κ1) is 27.5. The van der Waals surface area contributed by atoms with Gasteiger partial charge in [-0.2, -0.15) is 0 Å². The van der Waals surface area contributed by atoms with Gasteiger partial charge in [-0.1, -0.05) is 83.9 Å². The van der Waals surface area contributed by atoms with E-state index in [2.05, 4.69) is 5.32 Å². The van der Waals surface area contributed by atoms with Crippen molar-refractivity contribution in [2.24, 2.45) is 0 Å². The molecule has 1 N–H and O–H groups in total. The number of rotatable bonds is 10. The van der Waals surface area contributed by atoms with Gasteiger partial charge in [0.15, 0.2) is 0 Å². The normalized spacial score (nSPS) is 12.0. The van der Waals surface area contributed by atoms with Crippen molar-refractivity contribution >= 4 is 50.7 Å². The van der Waals surface area contributed by atoms with Crippen molar-refractivity contribution in [3.05, 3.63) is 100 Å². The van der Waals surface area contributed by atoms with E-state index in [1.54, 1.807) is 0 Å². The van der Waals surface area contributed by atoms with Crippen LogP contribution >= 0.6 is 23.2 Å². The van der Waals surface area contributed by atoms with Gasteiger partial charge in [0.05, 0.1) is 22.0 Å². The Bertz CT molecular complexity index is 1310. The molecule has 0 fully saturated rings. The van der Waals surface area contributed by atoms with Crippen LogP contribution in [0.2, 0.25) is 10.0 Å². The number of nitrogens with zero attached hydrogens (tertiary/aromatic N) is 2. The van der Waals surface area contributed by atoms with E-state index in [1.165, 1.54) is 30.1 Å². The smallest absolute Gasteiger partial charge is 0.244 e. The number of hydrogen-bond acceptors (Lipinski definition) is 4. The second-order valence-corrected chi connectivity index (χ2v) is 10.9. The molecule has 0 aromatic heterocycles. The number of hydrogen-bond donors (Lipinski definition) is 1. The minimum absolute atomic E-state index is 0.115. The van der Waals surface area contributed by atoms with Gasteiger partial charge >= 0.3 is 0 Å². The van der Waals surface area contributed by atoms with Crippen molar-refractivity contribution in [2.75, 3.05) is 24.2 Å². The van der Waals surface area contributed by atoms with Gasteiger partial charge < -0.3 is 10.2 Å². The standard InChI is InChI=1S/C26H27Cl2N3O4S/c1-29-26(33)24(15-19-9-5-3-6-10-19)30(17-20-11-7-4-8-12-20)25(32)18-31(36(2,34)35)21-13-14-22(27)23(28)16-21/h3-14,16,24H,15,17-18H2,1-2H3,(H,29,33). The molecular weight excluding hydrogens is 521 g/mol. The fraction of sp³-hybridized carbons (Fsp3) is 0.231. The summed E-state index contributed by atoms with van der Waals surface area (Å²) in [7, 11) is -2.37. The van der Waals surface area contributed by atoms with E-state index in [4.69, 9.17) is 23.2 Å². The van der Waals surface area contributed by atoms with Crippen LogP contribution in [0, 0.1) is 0 Å². The van der Waals surface area contributed by atoms with E-state index in [0.29, 0.717) is 0 Å². The molecule has 0 heterocycles. The number of benzene rings is 3. The molecular formula is C26H27Cl2N3O4S. The maximum absolute atomic E-state index is 13.8. The molecule has 0 bridgehead atoms. The van der Waals surface area contributed by atoms with Crippen molar-refractivity contribution in [3.63, 3.8) is 0 Å². The molecule has 0 radical (unpaired) electrons. The number of nitrogens with one attached hydrogen (secondary N) is 1. The van der Waals surface area contributed by atoms with Crippen LogP contribution in [-0.2, 0) is 32.6 Å². The first-order valence-electron chi connectivity index (χ1n) is 11.1. The van der Waals surface area contributed by atoms with Crippen molar-refractivity contribution < 1.29 is 18.0 Å². The van der Waals surface area contributed by atoms with Gasteiger partial charge in [0.2, 0.25) is 21.8 Å². The molecule has 3 aromatic rings. The summed E-state index contributed by atoms with van der Waals surface area (Å²) in [5.41, 5.74) is 1.86. The average molecular weight is 548 g/mol. The number of amides is 2. The predicted octanol–water partition coefficient (Wildman–Crippen LogP) is 4.15. The molecule has 0 aliphatic rings. The molecule has 0 aliphatic carbocycles. The van der Waals surface area contributed by atoms with Crippen LogP contribution in [0.1, 0.15) is 11.1 Å². The van der Waals surface area contributed by atoms with Gasteiger partial charge in [-0.15, -0.1) is 0 Å². The zero-order valence-electron chi connectivity index (χ0n) is 19.9. The Labute approximate surface area is 221 Å². The Hall–Kier alpha value is -3.07. The highest BCUT2D eigenvalue weighted by Gasteiger charge is 2.32. The van der Waals surface area contributed by atoms with Crippen LogP contribution < -0.4 is 9.62 Å². The number of carbonyl (C=O) groups is 2. The molecule has 0 aliphatic heterocycles. The Balaban J connectivity index is 2.01. The van der Waals surface area contributed by atoms with Gasteiger partial charge in [0.25, 0.3) is 0 Å². The van der Waals surface area contributed by atoms with E-state index in [1.807, 2.05) is 60.7 Å². The molecule has 2 amide bonds. The Morgan fingerprint density at radius 1 is 0.889 bits per heavy atom. The summed E-state index contributed by atoms with van der Waals surface area (Å²) in [5, 5.41) is 3.05. The third-order valence-corrected chi connectivity index (χ3v) is 7.46. The molecule has 1 atom stereocenters. The third-order valence-electron chi connectivity index (χ3n) is 5.58. The Kier molecular flexibility index (Phi) is 9.37. The van der Waals surface area contributed by atoms with E-state index in [0.717, 1.165) is 21.7 Å². The van der Waals surface area contributed by atoms with Crippen LogP contribution in [-0.4, -0.2) is 51.0 Å². The van der Waals surface area contributed by atoms with Crippen LogP contribution in [0.25, 0.3) is 0 Å². The monoisotopic (exact) mass is 547 g/mol. The summed E-state index contributed by atoms with van der Waals surface area (Å²) < 4.78 is 26.3. The molecule has 0 spiro atoms. The largest absolute Gasteiger partial charge is 0.357 e. The molecule has 1 unspecified atom stereocenters. The first-order valence-corrected chi connectivity index (χ1v) is 13.7. The van der Waals surface area contributed by atoms with Crippen molar-refractivity contribution in [1.82, 2.24) is 10.2 Å². The molecule has 3 aromatic carbocycles. The van der Waals surface area contributed by atoms with Gasteiger partial charge in [-0.3, -0.25) is 13.9 Å². The molecule has 3 rings (SSSR count). The highest BCUT2D eigenvalue weighted by atomic mass is 35.5. The molecule has 7 nitrogen and oxygen atoms in total. The van der Waals surface area contributed by atoms with E-state index in [-0.39, 0.29) is 34.6 Å². The third kappa shape index (κ3) is 7.22. The van der Waals surface area contributed by atoms with E-state index < -0.39 is 28.5 Å². The number of likely N-dealkylation sites (N-methyl/N-ethyl adjacent to an activating group) is 1. The van der Waals surface area contributed by atoms with E-state index >= 15 is 0 Å². The topological polar surface area (TPSA) is 86.8 Å². The minimum atomic E-state index is -3.88. The summed E-state index contributed by atoms with van der Waals surface area (Å²) in [6.07, 6.45) is 1.26. The molecule has 0 saturated carbocycles. The Morgan fingerprint density at radius 3 is 2.00 bits per heavy atom. The minimum Gasteiger partial charge on any atom is -0.357 e. The first-order chi connectivity index (χ1) is 17.1. The second kappa shape index (κ2) is 12.3. The zero-order chi connectivity index (χ0) is 26.3. The Morgan fingerprint density at radius 2 is 1.47 bits per heavy atom. The average Bonchev–Trinajstić information content (AvgIpc) is 2.86. The van der Waals surface area contributed by atoms with Crippen molar-refractivity contribution in [1.29, 1.82) is 0 Å². The molecule has 36 heavy (non-hydrogen) atoms. The lowest BCUT2D eigenvalue weighted by molar-refractivity contribution is -0.139. The van der Waals surface area contributed by atoms with Crippen LogP contribution in [0.4, 0.5) is 5.69 Å². The lowest BCUT2D eigenvalue weighted by Gasteiger charge is -2.33. The molecule has 10 heteroatoms. The van der Waals surface area contributed by atoms with Crippen LogP contribution in [0.15, 0.2) is 78.9 Å². The number of halogens is 2. The summed E-state index contributed by atoms with van der Waals surface area (Å²) in [6.45, 7) is -0.407. The summed E-state index contributed by atoms with van der Waals surface area (Å²) >= 11 is 12.1. The highest BCUT2D eigenvalue weighted by molar-refractivity contribution is 7.92.